The largest absolute Gasteiger partial charge is 0.314 e. The average Bonchev–Trinajstić information content (AvgIpc) is 2.25. The van der Waals surface area contributed by atoms with Crippen LogP contribution >= 0.6 is 15.9 Å². The molecule has 1 nitrogen and oxygen atoms in total. The van der Waals surface area contributed by atoms with E-state index >= 15 is 0 Å². The van der Waals surface area contributed by atoms with Crippen LogP contribution in [-0.4, -0.2) is 12.6 Å². The number of nitrogens with one attached hydrogen (secondary N) is 1. The van der Waals surface area contributed by atoms with Gasteiger partial charge in [-0.2, -0.15) is 0 Å². The Labute approximate surface area is 114 Å². The molecule has 0 aliphatic rings. The van der Waals surface area contributed by atoms with E-state index in [1.165, 1.54) is 10.0 Å². The molecule has 1 rings (SSSR count). The third-order valence-electron chi connectivity index (χ3n) is 3.17. The Morgan fingerprint density at radius 3 is 2.29 bits per heavy atom. The molecule has 1 aromatic carbocycles. The van der Waals surface area contributed by atoms with Crippen molar-refractivity contribution in [2.75, 3.05) is 6.54 Å². The lowest BCUT2D eigenvalue weighted by molar-refractivity contribution is 0.349. The molecule has 2 heteroatoms. The van der Waals surface area contributed by atoms with Gasteiger partial charge in [-0.1, -0.05) is 61.8 Å². The molecule has 1 unspecified atom stereocenters. The van der Waals surface area contributed by atoms with Crippen LogP contribution in [0.2, 0.25) is 0 Å². The highest BCUT2D eigenvalue weighted by molar-refractivity contribution is 9.10. The van der Waals surface area contributed by atoms with Gasteiger partial charge in [-0.15, -0.1) is 0 Å². The summed E-state index contributed by atoms with van der Waals surface area (Å²) in [7, 11) is 0. The molecule has 0 bridgehead atoms. The maximum atomic E-state index is 3.63. The normalized spacial score (nSPS) is 13.4. The van der Waals surface area contributed by atoms with Crippen LogP contribution in [0, 0.1) is 11.8 Å². The van der Waals surface area contributed by atoms with Gasteiger partial charge in [0.25, 0.3) is 0 Å². The van der Waals surface area contributed by atoms with Crippen molar-refractivity contribution in [3.63, 3.8) is 0 Å². The van der Waals surface area contributed by atoms with E-state index in [1.54, 1.807) is 0 Å². The summed E-state index contributed by atoms with van der Waals surface area (Å²) in [5, 5.41) is 3.55. The van der Waals surface area contributed by atoms with Gasteiger partial charge in [0.15, 0.2) is 0 Å². The van der Waals surface area contributed by atoms with Gasteiger partial charge in [-0.25, -0.2) is 0 Å². The molecule has 1 aromatic rings. The summed E-state index contributed by atoms with van der Waals surface area (Å²) >= 11 is 3.63. The summed E-state index contributed by atoms with van der Waals surface area (Å²) in [5.41, 5.74) is 1.41. The van der Waals surface area contributed by atoms with Crippen molar-refractivity contribution in [3.05, 3.63) is 34.3 Å². The Kier molecular flexibility index (Phi) is 6.21. The number of hydrogen-bond acceptors (Lipinski definition) is 1. The lowest BCUT2D eigenvalue weighted by Crippen LogP contribution is -2.32. The molecule has 17 heavy (non-hydrogen) atoms. The molecular weight excluding hydrogens is 274 g/mol. The first kappa shape index (κ1) is 14.7. The second-order valence-corrected chi connectivity index (χ2v) is 6.22. The van der Waals surface area contributed by atoms with Crippen molar-refractivity contribution in [1.82, 2.24) is 5.32 Å². The fourth-order valence-corrected chi connectivity index (χ4v) is 2.32. The van der Waals surface area contributed by atoms with Gasteiger partial charge in [0.1, 0.15) is 0 Å². The van der Waals surface area contributed by atoms with E-state index in [-0.39, 0.29) is 0 Å². The van der Waals surface area contributed by atoms with Gasteiger partial charge >= 0.3 is 0 Å². The van der Waals surface area contributed by atoms with Crippen molar-refractivity contribution in [2.24, 2.45) is 11.8 Å². The maximum Gasteiger partial charge on any atom is 0.0207 e. The molecule has 0 radical (unpaired) electrons. The average molecular weight is 298 g/mol. The van der Waals surface area contributed by atoms with Crippen LogP contribution in [0.25, 0.3) is 0 Å². The minimum atomic E-state index is 0.565. The third-order valence-corrected chi connectivity index (χ3v) is 3.94. The zero-order valence-electron chi connectivity index (χ0n) is 11.3. The van der Waals surface area contributed by atoms with E-state index in [4.69, 9.17) is 0 Å². The van der Waals surface area contributed by atoms with Crippen LogP contribution in [-0.2, 0) is 6.42 Å². The quantitative estimate of drug-likeness (QED) is 0.827. The highest BCUT2D eigenvalue weighted by Crippen LogP contribution is 2.23. The predicted octanol–water partition coefficient (Wildman–Crippen LogP) is 4.26. The van der Waals surface area contributed by atoms with Gasteiger partial charge in [-0.3, -0.25) is 0 Å². The van der Waals surface area contributed by atoms with Gasteiger partial charge in [-0.05, 0) is 36.4 Å². The SMILES string of the molecule is CC(C)NCC(Cc1ccccc1Br)C(C)C. The summed E-state index contributed by atoms with van der Waals surface area (Å²) in [6, 6.07) is 9.10. The highest BCUT2D eigenvalue weighted by atomic mass is 79.9. The summed E-state index contributed by atoms with van der Waals surface area (Å²) < 4.78 is 1.23. The van der Waals surface area contributed by atoms with E-state index in [0.29, 0.717) is 17.9 Å². The van der Waals surface area contributed by atoms with Crippen molar-refractivity contribution < 1.29 is 0 Å². The van der Waals surface area contributed by atoms with E-state index < -0.39 is 0 Å². The van der Waals surface area contributed by atoms with Gasteiger partial charge < -0.3 is 5.32 Å². The van der Waals surface area contributed by atoms with Crippen LogP contribution in [0.5, 0.6) is 0 Å². The number of hydrogen-bond donors (Lipinski definition) is 1. The summed E-state index contributed by atoms with van der Waals surface area (Å²) in [5.74, 6) is 1.39. The lowest BCUT2D eigenvalue weighted by Gasteiger charge is -2.23. The Hall–Kier alpha value is -0.340. The maximum absolute atomic E-state index is 3.63. The third kappa shape index (κ3) is 5.22. The molecule has 0 aromatic heterocycles. The Balaban J connectivity index is 2.64. The smallest absolute Gasteiger partial charge is 0.0207 e. The first-order valence-corrected chi connectivity index (χ1v) is 7.26. The standard InChI is InChI=1S/C15H24BrN/c1-11(2)14(10-17-12(3)4)9-13-7-5-6-8-15(13)16/h5-8,11-12,14,17H,9-10H2,1-4H3. The zero-order chi connectivity index (χ0) is 12.8. The summed E-state index contributed by atoms with van der Waals surface area (Å²) in [6.07, 6.45) is 1.14. The summed E-state index contributed by atoms with van der Waals surface area (Å²) in [6.45, 7) is 10.1. The molecule has 0 amide bonds. The topological polar surface area (TPSA) is 12.0 Å². The molecule has 0 aliphatic carbocycles. The van der Waals surface area contributed by atoms with Gasteiger partial charge in [0.2, 0.25) is 0 Å². The number of benzene rings is 1. The lowest BCUT2D eigenvalue weighted by atomic mass is 9.89. The van der Waals surface area contributed by atoms with Crippen LogP contribution in [0.1, 0.15) is 33.3 Å². The van der Waals surface area contributed by atoms with E-state index in [9.17, 15) is 0 Å². The molecule has 1 N–H and O–H groups in total. The first-order chi connectivity index (χ1) is 8.00. The Morgan fingerprint density at radius 2 is 1.76 bits per heavy atom. The van der Waals surface area contributed by atoms with Crippen molar-refractivity contribution in [3.8, 4) is 0 Å². The molecular formula is C15H24BrN. The second kappa shape index (κ2) is 7.17. The van der Waals surface area contributed by atoms with Crippen molar-refractivity contribution in [2.45, 2.75) is 40.2 Å². The number of rotatable bonds is 6. The van der Waals surface area contributed by atoms with E-state index in [0.717, 1.165) is 13.0 Å². The van der Waals surface area contributed by atoms with Crippen molar-refractivity contribution >= 4 is 15.9 Å². The van der Waals surface area contributed by atoms with Crippen LogP contribution in [0.15, 0.2) is 28.7 Å². The van der Waals surface area contributed by atoms with Crippen molar-refractivity contribution in [1.29, 1.82) is 0 Å². The fraction of sp³-hybridized carbons (Fsp3) is 0.600. The van der Waals surface area contributed by atoms with Gasteiger partial charge in [0, 0.05) is 10.5 Å². The molecule has 0 saturated carbocycles. The van der Waals surface area contributed by atoms with E-state index in [2.05, 4.69) is 73.2 Å². The predicted molar refractivity (Wildman–Crippen MR) is 79.3 cm³/mol. The van der Waals surface area contributed by atoms with Gasteiger partial charge in [0.05, 0.1) is 0 Å². The minimum absolute atomic E-state index is 0.565. The Morgan fingerprint density at radius 1 is 1.12 bits per heavy atom. The number of halogens is 1. The monoisotopic (exact) mass is 297 g/mol. The molecule has 0 heterocycles. The zero-order valence-corrected chi connectivity index (χ0v) is 12.9. The second-order valence-electron chi connectivity index (χ2n) is 5.36. The first-order valence-electron chi connectivity index (χ1n) is 6.47. The molecule has 0 fully saturated rings. The highest BCUT2D eigenvalue weighted by Gasteiger charge is 2.15. The Bertz CT molecular complexity index is 333. The van der Waals surface area contributed by atoms with Crippen LogP contribution < -0.4 is 5.32 Å². The molecule has 0 saturated heterocycles. The minimum Gasteiger partial charge on any atom is -0.314 e. The fourth-order valence-electron chi connectivity index (χ4n) is 1.88. The molecule has 1 atom stereocenters. The van der Waals surface area contributed by atoms with Crippen LogP contribution in [0.3, 0.4) is 0 Å². The molecule has 0 spiro atoms. The van der Waals surface area contributed by atoms with Crippen LogP contribution in [0.4, 0.5) is 0 Å². The summed E-state index contributed by atoms with van der Waals surface area (Å²) in [4.78, 5) is 0. The van der Waals surface area contributed by atoms with E-state index in [1.807, 2.05) is 0 Å². The molecule has 96 valence electrons. The molecule has 0 aliphatic heterocycles.